The highest BCUT2D eigenvalue weighted by Gasteiger charge is 2.14. The summed E-state index contributed by atoms with van der Waals surface area (Å²) in [5, 5.41) is 5.49. The Bertz CT molecular complexity index is 441. The van der Waals surface area contributed by atoms with E-state index in [2.05, 4.69) is 15.6 Å². The van der Waals surface area contributed by atoms with Crippen LogP contribution in [0.4, 0.5) is 5.82 Å². The first-order valence-corrected chi connectivity index (χ1v) is 5.69. The van der Waals surface area contributed by atoms with E-state index in [1.165, 1.54) is 10.8 Å². The molecule has 0 radical (unpaired) electrons. The molecule has 6 nitrogen and oxygen atoms in total. The number of likely N-dealkylation sites (N-methyl/N-ethyl adjacent to an activating group) is 1. The Balaban J connectivity index is 2.82. The lowest BCUT2D eigenvalue weighted by atomic mass is 10.3. The van der Waals surface area contributed by atoms with Gasteiger partial charge in [-0.05, 0) is 20.8 Å². The summed E-state index contributed by atoms with van der Waals surface area (Å²) in [6.07, 6.45) is 3.15. The predicted molar refractivity (Wildman–Crippen MR) is 65.9 cm³/mol. The Kier molecular flexibility index (Phi) is 4.68. The molecule has 1 heterocycles. The molecule has 0 saturated heterocycles. The van der Waals surface area contributed by atoms with Crippen molar-refractivity contribution < 1.29 is 4.79 Å². The topological polar surface area (TPSA) is 76.0 Å². The lowest BCUT2D eigenvalue weighted by Gasteiger charge is -2.13. The van der Waals surface area contributed by atoms with Crippen LogP contribution in [-0.4, -0.2) is 28.0 Å². The average molecular weight is 238 g/mol. The molecule has 1 amide bonds. The number of anilines is 1. The fraction of sp³-hybridized carbons (Fsp3) is 0.545. The molecule has 0 bridgehead atoms. The Labute approximate surface area is 100 Å². The van der Waals surface area contributed by atoms with E-state index >= 15 is 0 Å². The van der Waals surface area contributed by atoms with Gasteiger partial charge >= 0.3 is 0 Å². The quantitative estimate of drug-likeness (QED) is 0.768. The van der Waals surface area contributed by atoms with E-state index in [4.69, 9.17) is 0 Å². The van der Waals surface area contributed by atoms with Gasteiger partial charge in [-0.3, -0.25) is 9.59 Å². The molecule has 2 N–H and O–H groups in total. The van der Waals surface area contributed by atoms with Gasteiger partial charge in [-0.2, -0.15) is 0 Å². The number of carbonyl (C=O) groups excluding carboxylic acids is 1. The second-order valence-electron chi connectivity index (χ2n) is 3.63. The van der Waals surface area contributed by atoms with Crippen molar-refractivity contribution >= 4 is 11.7 Å². The number of aryl methyl sites for hydroxylation is 1. The number of hydrogen-bond donors (Lipinski definition) is 2. The lowest BCUT2D eigenvalue weighted by Crippen LogP contribution is -2.39. The summed E-state index contributed by atoms with van der Waals surface area (Å²) in [7, 11) is 0. The van der Waals surface area contributed by atoms with Crippen molar-refractivity contribution in [3.8, 4) is 0 Å². The van der Waals surface area contributed by atoms with E-state index in [1.807, 2.05) is 13.8 Å². The summed E-state index contributed by atoms with van der Waals surface area (Å²) in [6.45, 7) is 6.54. The molecular formula is C11H18N4O2. The fourth-order valence-electron chi connectivity index (χ4n) is 1.39. The standard InChI is InChI=1S/C11H18N4O2/c1-4-12-10(16)8(3)14-9-11(17)15(5-2)7-6-13-9/h6-8H,4-5H2,1-3H3,(H,12,16)(H,13,14). The molecule has 0 spiro atoms. The van der Waals surface area contributed by atoms with Crippen LogP contribution in [0.5, 0.6) is 0 Å². The molecule has 0 aliphatic carbocycles. The first-order chi connectivity index (χ1) is 8.10. The van der Waals surface area contributed by atoms with Crippen molar-refractivity contribution in [1.82, 2.24) is 14.9 Å². The van der Waals surface area contributed by atoms with Crippen LogP contribution in [-0.2, 0) is 11.3 Å². The van der Waals surface area contributed by atoms with Gasteiger partial charge in [0.15, 0.2) is 5.82 Å². The van der Waals surface area contributed by atoms with Gasteiger partial charge in [-0.25, -0.2) is 4.98 Å². The van der Waals surface area contributed by atoms with Gasteiger partial charge < -0.3 is 15.2 Å². The highest BCUT2D eigenvalue weighted by Crippen LogP contribution is 1.97. The van der Waals surface area contributed by atoms with Gasteiger partial charge in [0.1, 0.15) is 6.04 Å². The van der Waals surface area contributed by atoms with E-state index in [0.29, 0.717) is 13.1 Å². The summed E-state index contributed by atoms with van der Waals surface area (Å²) in [6, 6.07) is -0.483. The minimum Gasteiger partial charge on any atom is -0.355 e. The maximum Gasteiger partial charge on any atom is 0.293 e. The smallest absolute Gasteiger partial charge is 0.293 e. The Morgan fingerprint density at radius 1 is 1.53 bits per heavy atom. The molecule has 17 heavy (non-hydrogen) atoms. The molecule has 0 fully saturated rings. The van der Waals surface area contributed by atoms with Crippen LogP contribution in [0, 0.1) is 0 Å². The van der Waals surface area contributed by atoms with Crippen molar-refractivity contribution in [3.05, 3.63) is 22.7 Å². The van der Waals surface area contributed by atoms with Gasteiger partial charge in [0, 0.05) is 25.5 Å². The molecule has 1 atom stereocenters. The third kappa shape index (κ3) is 3.30. The fourth-order valence-corrected chi connectivity index (χ4v) is 1.39. The highest BCUT2D eigenvalue weighted by atomic mass is 16.2. The minimum absolute atomic E-state index is 0.152. The summed E-state index contributed by atoms with van der Waals surface area (Å²) in [5.74, 6) is 0.0497. The normalized spacial score (nSPS) is 11.9. The van der Waals surface area contributed by atoms with Crippen molar-refractivity contribution in [3.63, 3.8) is 0 Å². The van der Waals surface area contributed by atoms with Crippen LogP contribution in [0.15, 0.2) is 17.2 Å². The molecule has 0 aromatic carbocycles. The van der Waals surface area contributed by atoms with Crippen LogP contribution in [0.3, 0.4) is 0 Å². The van der Waals surface area contributed by atoms with Crippen molar-refractivity contribution in [2.45, 2.75) is 33.4 Å². The van der Waals surface area contributed by atoms with Gasteiger partial charge in [-0.1, -0.05) is 0 Å². The van der Waals surface area contributed by atoms with E-state index < -0.39 is 6.04 Å². The van der Waals surface area contributed by atoms with Crippen molar-refractivity contribution in [2.24, 2.45) is 0 Å². The van der Waals surface area contributed by atoms with Crippen molar-refractivity contribution in [1.29, 1.82) is 0 Å². The summed E-state index contributed by atoms with van der Waals surface area (Å²) in [4.78, 5) is 27.3. The number of rotatable bonds is 5. The molecule has 6 heteroatoms. The van der Waals surface area contributed by atoms with Crippen LogP contribution in [0.2, 0.25) is 0 Å². The van der Waals surface area contributed by atoms with Gasteiger partial charge in [0.2, 0.25) is 5.91 Å². The molecule has 0 aliphatic rings. The summed E-state index contributed by atoms with van der Waals surface area (Å²) in [5.41, 5.74) is -0.217. The lowest BCUT2D eigenvalue weighted by molar-refractivity contribution is -0.121. The summed E-state index contributed by atoms with van der Waals surface area (Å²) < 4.78 is 1.53. The van der Waals surface area contributed by atoms with E-state index in [0.717, 1.165) is 0 Å². The Morgan fingerprint density at radius 2 is 2.24 bits per heavy atom. The molecular weight excluding hydrogens is 220 g/mol. The maximum atomic E-state index is 11.8. The van der Waals surface area contributed by atoms with Gasteiger partial charge in [0.25, 0.3) is 5.56 Å². The summed E-state index contributed by atoms with van der Waals surface area (Å²) >= 11 is 0. The Hall–Kier alpha value is -1.85. The largest absolute Gasteiger partial charge is 0.355 e. The zero-order valence-electron chi connectivity index (χ0n) is 10.4. The van der Waals surface area contributed by atoms with E-state index in [-0.39, 0.29) is 17.3 Å². The first-order valence-electron chi connectivity index (χ1n) is 5.69. The molecule has 1 aromatic rings. The number of nitrogens with zero attached hydrogens (tertiary/aromatic N) is 2. The number of carbonyl (C=O) groups is 1. The predicted octanol–water partition coefficient (Wildman–Crippen LogP) is 0.200. The maximum absolute atomic E-state index is 11.8. The number of amides is 1. The molecule has 0 aliphatic heterocycles. The molecule has 1 unspecified atom stereocenters. The first kappa shape index (κ1) is 13.2. The number of aromatic nitrogens is 2. The van der Waals surface area contributed by atoms with E-state index in [1.54, 1.807) is 13.1 Å². The van der Waals surface area contributed by atoms with Crippen molar-refractivity contribution in [2.75, 3.05) is 11.9 Å². The van der Waals surface area contributed by atoms with Gasteiger partial charge in [-0.15, -0.1) is 0 Å². The van der Waals surface area contributed by atoms with Gasteiger partial charge in [0.05, 0.1) is 0 Å². The second-order valence-corrected chi connectivity index (χ2v) is 3.63. The molecule has 0 saturated carbocycles. The third-order valence-corrected chi connectivity index (χ3v) is 2.35. The van der Waals surface area contributed by atoms with Crippen LogP contribution in [0.1, 0.15) is 20.8 Å². The highest BCUT2D eigenvalue weighted by molar-refractivity contribution is 5.83. The average Bonchev–Trinajstić information content (AvgIpc) is 2.32. The molecule has 1 aromatic heterocycles. The Morgan fingerprint density at radius 3 is 2.82 bits per heavy atom. The monoisotopic (exact) mass is 238 g/mol. The zero-order chi connectivity index (χ0) is 12.8. The number of nitrogens with one attached hydrogen (secondary N) is 2. The van der Waals surface area contributed by atoms with Crippen LogP contribution < -0.4 is 16.2 Å². The minimum atomic E-state index is -0.483. The number of hydrogen-bond acceptors (Lipinski definition) is 4. The molecule has 1 rings (SSSR count). The molecule has 94 valence electrons. The second kappa shape index (κ2) is 6.03. The third-order valence-electron chi connectivity index (χ3n) is 2.35. The zero-order valence-corrected chi connectivity index (χ0v) is 10.4. The van der Waals surface area contributed by atoms with Crippen LogP contribution >= 0.6 is 0 Å². The SMILES string of the molecule is CCNC(=O)C(C)Nc1nccn(CC)c1=O. The van der Waals surface area contributed by atoms with Crippen LogP contribution in [0.25, 0.3) is 0 Å². The van der Waals surface area contributed by atoms with E-state index in [9.17, 15) is 9.59 Å².